The van der Waals surface area contributed by atoms with Gasteiger partial charge >= 0.3 is 5.97 Å². The first-order valence-corrected chi connectivity index (χ1v) is 8.97. The first kappa shape index (κ1) is 17.0. The van der Waals surface area contributed by atoms with Gasteiger partial charge in [0, 0.05) is 12.7 Å². The van der Waals surface area contributed by atoms with Gasteiger partial charge in [-0.25, -0.2) is 13.2 Å². The second kappa shape index (κ2) is 6.60. The molecule has 1 aromatic rings. The van der Waals surface area contributed by atoms with E-state index < -0.39 is 16.0 Å². The first-order chi connectivity index (χ1) is 11.9. The van der Waals surface area contributed by atoms with Crippen LogP contribution in [0.3, 0.4) is 0 Å². The number of methoxy groups -OCH3 is 2. The molecule has 0 amide bonds. The lowest BCUT2D eigenvalue weighted by Gasteiger charge is -2.28. The number of carbonyl (C=O) groups excluding carboxylic acids is 1. The van der Waals surface area contributed by atoms with Gasteiger partial charge in [-0.3, -0.25) is 0 Å². The maximum Gasteiger partial charge on any atom is 0.347 e. The number of benzene rings is 1. The third kappa shape index (κ3) is 3.36. The molecule has 2 aliphatic rings. The molecule has 0 saturated heterocycles. The number of ether oxygens (including phenoxy) is 3. The zero-order valence-electron chi connectivity index (χ0n) is 13.6. The maximum atomic E-state index is 12.6. The highest BCUT2D eigenvalue weighted by Crippen LogP contribution is 2.37. The molecule has 0 fully saturated rings. The molecular formula is C16H16N2O6S. The van der Waals surface area contributed by atoms with Crippen LogP contribution in [0.4, 0.5) is 0 Å². The lowest BCUT2D eigenvalue weighted by molar-refractivity contribution is -0.129. The Labute approximate surface area is 145 Å². The maximum absolute atomic E-state index is 12.6. The van der Waals surface area contributed by atoms with Crippen molar-refractivity contribution in [2.75, 3.05) is 26.5 Å². The van der Waals surface area contributed by atoms with Crippen LogP contribution in [-0.4, -0.2) is 51.6 Å². The van der Waals surface area contributed by atoms with Crippen molar-refractivity contribution >= 4 is 21.8 Å². The van der Waals surface area contributed by atoms with Crippen LogP contribution in [-0.2, 0) is 14.8 Å². The fourth-order valence-corrected chi connectivity index (χ4v) is 3.43. The molecule has 0 aliphatic carbocycles. The predicted octanol–water partition coefficient (Wildman–Crippen LogP) is 1.11. The Morgan fingerprint density at radius 2 is 1.88 bits per heavy atom. The molecule has 9 heteroatoms. The Morgan fingerprint density at radius 3 is 2.52 bits per heavy atom. The van der Waals surface area contributed by atoms with E-state index in [4.69, 9.17) is 14.2 Å². The zero-order chi connectivity index (χ0) is 18.0. The van der Waals surface area contributed by atoms with E-state index in [1.165, 1.54) is 20.3 Å². The van der Waals surface area contributed by atoms with Crippen LogP contribution in [0.25, 0.3) is 0 Å². The van der Waals surface area contributed by atoms with Crippen molar-refractivity contribution < 1.29 is 27.4 Å². The minimum atomic E-state index is -3.60. The van der Waals surface area contributed by atoms with E-state index in [2.05, 4.69) is 4.40 Å². The molecule has 8 nitrogen and oxygen atoms in total. The van der Waals surface area contributed by atoms with Gasteiger partial charge in [0.15, 0.2) is 17.3 Å². The molecule has 3 rings (SSSR count). The molecule has 0 spiro atoms. The summed E-state index contributed by atoms with van der Waals surface area (Å²) in [6.07, 6.45) is 4.75. The van der Waals surface area contributed by atoms with Crippen LogP contribution in [0.15, 0.2) is 46.5 Å². The summed E-state index contributed by atoms with van der Waals surface area (Å²) in [5, 5.41) is 0. The summed E-state index contributed by atoms with van der Waals surface area (Å²) in [5.41, 5.74) is 0.0405. The molecule has 2 aliphatic heterocycles. The Morgan fingerprint density at radius 1 is 1.20 bits per heavy atom. The van der Waals surface area contributed by atoms with Crippen molar-refractivity contribution in [3.05, 3.63) is 42.1 Å². The molecule has 0 radical (unpaired) electrons. The number of amidine groups is 1. The van der Waals surface area contributed by atoms with Crippen LogP contribution in [0, 0.1) is 0 Å². The van der Waals surface area contributed by atoms with E-state index in [1.54, 1.807) is 35.4 Å². The fraction of sp³-hybridized carbons (Fsp3) is 0.250. The Kier molecular flexibility index (Phi) is 4.49. The number of hydrogen-bond acceptors (Lipinski definition) is 7. The smallest absolute Gasteiger partial charge is 0.347 e. The lowest BCUT2D eigenvalue weighted by atomic mass is 10.1. The molecule has 0 aromatic heterocycles. The number of hydrogen-bond donors (Lipinski definition) is 0. The number of para-hydroxylation sites is 1. The quantitative estimate of drug-likeness (QED) is 0.583. The summed E-state index contributed by atoms with van der Waals surface area (Å²) < 4.78 is 43.0. The van der Waals surface area contributed by atoms with Crippen molar-refractivity contribution in [1.29, 1.82) is 0 Å². The number of nitrogens with zero attached hydrogens (tertiary/aromatic N) is 2. The van der Waals surface area contributed by atoms with E-state index in [9.17, 15) is 13.2 Å². The monoisotopic (exact) mass is 364 g/mol. The van der Waals surface area contributed by atoms with Gasteiger partial charge in [0.05, 0.1) is 20.0 Å². The van der Waals surface area contributed by atoms with Crippen molar-refractivity contribution in [1.82, 2.24) is 4.90 Å². The molecule has 1 aromatic carbocycles. The van der Waals surface area contributed by atoms with Crippen molar-refractivity contribution in [3.63, 3.8) is 0 Å². The van der Waals surface area contributed by atoms with Crippen LogP contribution >= 0.6 is 0 Å². The molecule has 0 saturated carbocycles. The Hall–Kier alpha value is -2.81. The molecule has 132 valence electrons. The van der Waals surface area contributed by atoms with Crippen LogP contribution in [0.5, 0.6) is 17.2 Å². The Bertz CT molecular complexity index is 879. The van der Waals surface area contributed by atoms with Gasteiger partial charge < -0.3 is 19.1 Å². The summed E-state index contributed by atoms with van der Waals surface area (Å²) in [4.78, 5) is 14.2. The second-order valence-electron chi connectivity index (χ2n) is 5.20. The standard InChI is InChI=1S/C16H16N2O6S/c1-22-12-6-3-7-13(23-2)14(12)24-16(19)11-5-4-8-18-9-10-25(20,21)17-15(11)18/h3-8H,9-10H2,1-2H3. The van der Waals surface area contributed by atoms with Crippen LogP contribution in [0.1, 0.15) is 0 Å². The highest BCUT2D eigenvalue weighted by Gasteiger charge is 2.31. The number of fused-ring (bicyclic) bond motifs is 1. The third-order valence-corrected chi connectivity index (χ3v) is 4.80. The lowest BCUT2D eigenvalue weighted by Crippen LogP contribution is -2.40. The average Bonchev–Trinajstić information content (AvgIpc) is 2.60. The van der Waals surface area contributed by atoms with Gasteiger partial charge in [0.25, 0.3) is 10.0 Å². The number of rotatable bonds is 4. The summed E-state index contributed by atoms with van der Waals surface area (Å²) >= 11 is 0. The fourth-order valence-electron chi connectivity index (χ4n) is 2.44. The number of sulfonamides is 1. The highest BCUT2D eigenvalue weighted by atomic mass is 32.2. The van der Waals surface area contributed by atoms with Crippen molar-refractivity contribution in [2.45, 2.75) is 0 Å². The number of carbonyl (C=O) groups is 1. The van der Waals surface area contributed by atoms with E-state index in [0.717, 1.165) is 0 Å². The Balaban J connectivity index is 1.96. The molecule has 0 unspecified atom stereocenters. The van der Waals surface area contributed by atoms with Gasteiger partial charge in [-0.15, -0.1) is 4.40 Å². The van der Waals surface area contributed by atoms with Crippen molar-refractivity contribution in [3.8, 4) is 17.2 Å². The van der Waals surface area contributed by atoms with E-state index in [-0.39, 0.29) is 29.5 Å². The first-order valence-electron chi connectivity index (χ1n) is 7.36. The minimum absolute atomic E-state index is 0.0405. The molecule has 0 bridgehead atoms. The largest absolute Gasteiger partial charge is 0.493 e. The predicted molar refractivity (Wildman–Crippen MR) is 90.3 cm³/mol. The van der Waals surface area contributed by atoms with E-state index in [1.807, 2.05) is 0 Å². The second-order valence-corrected chi connectivity index (χ2v) is 6.95. The molecule has 0 N–H and O–H groups in total. The topological polar surface area (TPSA) is 94.5 Å². The van der Waals surface area contributed by atoms with Gasteiger partial charge in [0.1, 0.15) is 5.57 Å². The normalized spacial score (nSPS) is 17.9. The van der Waals surface area contributed by atoms with Gasteiger partial charge in [0.2, 0.25) is 5.75 Å². The summed E-state index contributed by atoms with van der Waals surface area (Å²) in [6.45, 7) is 0.222. The SMILES string of the molecule is COc1cccc(OC)c1OC(=O)C1=CC=CN2CCS(=O)(=O)N=C12. The van der Waals surface area contributed by atoms with Crippen LogP contribution < -0.4 is 14.2 Å². The molecular weight excluding hydrogens is 348 g/mol. The van der Waals surface area contributed by atoms with Gasteiger partial charge in [-0.05, 0) is 24.3 Å². The minimum Gasteiger partial charge on any atom is -0.493 e. The van der Waals surface area contributed by atoms with E-state index >= 15 is 0 Å². The molecule has 25 heavy (non-hydrogen) atoms. The van der Waals surface area contributed by atoms with Crippen molar-refractivity contribution in [2.24, 2.45) is 4.40 Å². The number of allylic oxidation sites excluding steroid dienone is 2. The zero-order valence-corrected chi connectivity index (χ0v) is 14.4. The van der Waals surface area contributed by atoms with Crippen LogP contribution in [0.2, 0.25) is 0 Å². The molecule has 0 atom stereocenters. The highest BCUT2D eigenvalue weighted by molar-refractivity contribution is 7.90. The number of esters is 1. The molecule has 2 heterocycles. The summed E-state index contributed by atoms with van der Waals surface area (Å²) in [6, 6.07) is 4.93. The summed E-state index contributed by atoms with van der Waals surface area (Å²) in [5.74, 6) is -0.0763. The average molecular weight is 364 g/mol. The third-order valence-electron chi connectivity index (χ3n) is 3.65. The van der Waals surface area contributed by atoms with Gasteiger partial charge in [-0.1, -0.05) is 6.07 Å². The summed E-state index contributed by atoms with van der Waals surface area (Å²) in [7, 11) is -0.726. The van der Waals surface area contributed by atoms with Gasteiger partial charge in [-0.2, -0.15) is 0 Å². The van der Waals surface area contributed by atoms with E-state index in [0.29, 0.717) is 11.5 Å².